The van der Waals surface area contributed by atoms with Gasteiger partial charge in [-0.05, 0) is 25.5 Å². The van der Waals surface area contributed by atoms with E-state index >= 15 is 0 Å². The molecule has 6 nitrogen and oxygen atoms in total. The van der Waals surface area contributed by atoms with E-state index in [1.54, 1.807) is 24.5 Å². The minimum absolute atomic E-state index is 0.120. The lowest BCUT2D eigenvalue weighted by molar-refractivity contribution is -0.122. The van der Waals surface area contributed by atoms with Crippen molar-refractivity contribution in [3.05, 3.63) is 40.1 Å². The van der Waals surface area contributed by atoms with Crippen molar-refractivity contribution in [3.8, 4) is 0 Å². The van der Waals surface area contributed by atoms with Crippen LogP contribution in [0.1, 0.15) is 24.3 Å². The monoisotopic (exact) mass is 393 g/mol. The Morgan fingerprint density at radius 3 is 3.04 bits per heavy atom. The first-order chi connectivity index (χ1) is 12.0. The molecule has 0 radical (unpaired) electrons. The van der Waals surface area contributed by atoms with Crippen LogP contribution >= 0.6 is 35.3 Å². The van der Waals surface area contributed by atoms with Crippen LogP contribution in [0.2, 0.25) is 0 Å². The molecule has 2 aromatic rings. The molecule has 1 saturated heterocycles. The number of thiazole rings is 1. The zero-order valence-corrected chi connectivity index (χ0v) is 15.8. The van der Waals surface area contributed by atoms with Crippen molar-refractivity contribution in [1.82, 2.24) is 9.88 Å². The molecule has 1 N–H and O–H groups in total. The van der Waals surface area contributed by atoms with E-state index in [-0.39, 0.29) is 11.8 Å². The molecule has 130 valence electrons. The van der Waals surface area contributed by atoms with Gasteiger partial charge in [0, 0.05) is 24.4 Å². The largest absolute Gasteiger partial charge is 0.465 e. The van der Waals surface area contributed by atoms with E-state index in [2.05, 4.69) is 10.3 Å². The number of carbonyl (C=O) groups is 2. The number of rotatable bonds is 6. The highest BCUT2D eigenvalue weighted by atomic mass is 32.2. The van der Waals surface area contributed by atoms with Gasteiger partial charge in [-0.3, -0.25) is 14.5 Å². The SMILES string of the molecule is Cc1csc(NC(=O)CCCN2C(=O)/C(=C\c3ccco3)SC2=S)n1. The molecule has 3 rings (SSSR count). The first-order valence-corrected chi connectivity index (χ1v) is 9.64. The second-order valence-electron chi connectivity index (χ2n) is 5.29. The van der Waals surface area contributed by atoms with E-state index in [0.29, 0.717) is 39.5 Å². The topological polar surface area (TPSA) is 75.4 Å². The van der Waals surface area contributed by atoms with Gasteiger partial charge in [-0.1, -0.05) is 24.0 Å². The maximum Gasteiger partial charge on any atom is 0.266 e. The molecule has 25 heavy (non-hydrogen) atoms. The van der Waals surface area contributed by atoms with Crippen LogP contribution in [0.25, 0.3) is 6.08 Å². The number of nitrogens with zero attached hydrogens (tertiary/aromatic N) is 2. The molecule has 1 fully saturated rings. The number of amides is 2. The minimum atomic E-state index is -0.151. The van der Waals surface area contributed by atoms with E-state index in [9.17, 15) is 9.59 Å². The van der Waals surface area contributed by atoms with Crippen LogP contribution < -0.4 is 5.32 Å². The number of nitrogens with one attached hydrogen (secondary N) is 1. The Morgan fingerprint density at radius 2 is 2.36 bits per heavy atom. The van der Waals surface area contributed by atoms with Gasteiger partial charge in [0.05, 0.1) is 16.9 Å². The van der Waals surface area contributed by atoms with Crippen LogP contribution in [-0.4, -0.2) is 32.6 Å². The average Bonchev–Trinajstić information content (AvgIpc) is 3.26. The fraction of sp³-hybridized carbons (Fsp3) is 0.250. The molecule has 0 unspecified atom stereocenters. The summed E-state index contributed by atoms with van der Waals surface area (Å²) in [5, 5.41) is 5.22. The van der Waals surface area contributed by atoms with Gasteiger partial charge in [0.15, 0.2) is 5.13 Å². The number of aryl methyl sites for hydroxylation is 1. The van der Waals surface area contributed by atoms with Crippen LogP contribution in [0.4, 0.5) is 5.13 Å². The van der Waals surface area contributed by atoms with Gasteiger partial charge in [0.1, 0.15) is 10.1 Å². The maximum absolute atomic E-state index is 12.4. The highest BCUT2D eigenvalue weighted by molar-refractivity contribution is 8.26. The molecule has 2 amide bonds. The Labute approximate surface area is 158 Å². The molecule has 0 atom stereocenters. The fourth-order valence-corrected chi connectivity index (χ4v) is 4.18. The van der Waals surface area contributed by atoms with Gasteiger partial charge in [0.2, 0.25) is 5.91 Å². The van der Waals surface area contributed by atoms with Crippen LogP contribution in [0, 0.1) is 6.92 Å². The van der Waals surface area contributed by atoms with E-state index in [1.165, 1.54) is 28.0 Å². The second-order valence-corrected chi connectivity index (χ2v) is 7.83. The summed E-state index contributed by atoms with van der Waals surface area (Å²) in [5.74, 6) is 0.340. The molecule has 3 heterocycles. The zero-order valence-electron chi connectivity index (χ0n) is 13.4. The number of furan rings is 1. The third-order valence-electron chi connectivity index (χ3n) is 3.34. The van der Waals surface area contributed by atoms with Gasteiger partial charge in [-0.15, -0.1) is 11.3 Å². The van der Waals surface area contributed by atoms with Crippen molar-refractivity contribution in [1.29, 1.82) is 0 Å². The lowest BCUT2D eigenvalue weighted by Gasteiger charge is -2.13. The van der Waals surface area contributed by atoms with Crippen LogP contribution in [0.5, 0.6) is 0 Å². The Hall–Kier alpha value is -1.97. The number of hydrogen-bond donors (Lipinski definition) is 1. The van der Waals surface area contributed by atoms with Gasteiger partial charge < -0.3 is 9.73 Å². The van der Waals surface area contributed by atoms with Crippen molar-refractivity contribution in [3.63, 3.8) is 0 Å². The quantitative estimate of drug-likeness (QED) is 0.596. The van der Waals surface area contributed by atoms with Crippen molar-refractivity contribution < 1.29 is 14.0 Å². The second kappa shape index (κ2) is 7.94. The van der Waals surface area contributed by atoms with Crippen LogP contribution in [-0.2, 0) is 9.59 Å². The van der Waals surface area contributed by atoms with Crippen molar-refractivity contribution in [2.45, 2.75) is 19.8 Å². The summed E-state index contributed by atoms with van der Waals surface area (Å²) in [6.45, 7) is 2.28. The average molecular weight is 394 g/mol. The maximum atomic E-state index is 12.4. The van der Waals surface area contributed by atoms with Gasteiger partial charge in [0.25, 0.3) is 5.91 Å². The highest BCUT2D eigenvalue weighted by Crippen LogP contribution is 2.32. The Balaban J connectivity index is 1.50. The summed E-state index contributed by atoms with van der Waals surface area (Å²) in [6, 6.07) is 3.53. The number of carbonyl (C=O) groups excluding carboxylic acids is 2. The first kappa shape index (κ1) is 17.8. The number of thiocarbonyl (C=S) groups is 1. The van der Waals surface area contributed by atoms with Crippen molar-refractivity contribution >= 4 is 62.7 Å². The standard InChI is InChI=1S/C16H15N3O3S3/c1-10-9-24-15(17-10)18-13(20)5-2-6-19-14(21)12(25-16(19)23)8-11-4-3-7-22-11/h3-4,7-9H,2,5-6H2,1H3,(H,17,18,20)/b12-8+. The van der Waals surface area contributed by atoms with E-state index in [4.69, 9.17) is 16.6 Å². The molecular formula is C16H15N3O3S3. The molecule has 0 spiro atoms. The first-order valence-electron chi connectivity index (χ1n) is 7.54. The minimum Gasteiger partial charge on any atom is -0.465 e. The highest BCUT2D eigenvalue weighted by Gasteiger charge is 2.31. The summed E-state index contributed by atoms with van der Waals surface area (Å²) in [4.78, 5) is 30.6. The summed E-state index contributed by atoms with van der Waals surface area (Å²) < 4.78 is 5.72. The molecule has 0 aliphatic carbocycles. The molecular weight excluding hydrogens is 378 g/mol. The molecule has 2 aromatic heterocycles. The number of hydrogen-bond acceptors (Lipinski definition) is 7. The van der Waals surface area contributed by atoms with Crippen molar-refractivity contribution in [2.24, 2.45) is 0 Å². The molecule has 1 aliphatic rings. The summed E-state index contributed by atoms with van der Waals surface area (Å²) in [7, 11) is 0. The predicted octanol–water partition coefficient (Wildman–Crippen LogP) is 3.66. The van der Waals surface area contributed by atoms with Gasteiger partial charge >= 0.3 is 0 Å². The lowest BCUT2D eigenvalue weighted by Crippen LogP contribution is -2.29. The summed E-state index contributed by atoms with van der Waals surface area (Å²) in [6.07, 6.45) is 4.05. The Bertz CT molecular complexity index is 827. The Kier molecular flexibility index (Phi) is 5.67. The van der Waals surface area contributed by atoms with Crippen molar-refractivity contribution in [2.75, 3.05) is 11.9 Å². The van der Waals surface area contributed by atoms with Crippen LogP contribution in [0.3, 0.4) is 0 Å². The normalized spacial score (nSPS) is 16.0. The lowest BCUT2D eigenvalue weighted by atomic mass is 10.2. The summed E-state index contributed by atoms with van der Waals surface area (Å²) >= 11 is 7.90. The molecule has 0 aromatic carbocycles. The third kappa shape index (κ3) is 4.56. The molecule has 0 saturated carbocycles. The van der Waals surface area contributed by atoms with E-state index in [0.717, 1.165) is 5.69 Å². The predicted molar refractivity (Wildman–Crippen MR) is 103 cm³/mol. The third-order valence-corrected chi connectivity index (χ3v) is 5.59. The fourth-order valence-electron chi connectivity index (χ4n) is 2.19. The van der Waals surface area contributed by atoms with Crippen LogP contribution in [0.15, 0.2) is 33.1 Å². The number of thioether (sulfide) groups is 1. The summed E-state index contributed by atoms with van der Waals surface area (Å²) in [5.41, 5.74) is 0.876. The van der Waals surface area contributed by atoms with E-state index < -0.39 is 0 Å². The number of aromatic nitrogens is 1. The number of anilines is 1. The smallest absolute Gasteiger partial charge is 0.266 e. The Morgan fingerprint density at radius 1 is 1.52 bits per heavy atom. The molecule has 9 heteroatoms. The van der Waals surface area contributed by atoms with Gasteiger partial charge in [-0.25, -0.2) is 4.98 Å². The van der Waals surface area contributed by atoms with Gasteiger partial charge in [-0.2, -0.15) is 0 Å². The molecule has 0 bridgehead atoms. The molecule has 1 aliphatic heterocycles. The zero-order chi connectivity index (χ0) is 17.8. The van der Waals surface area contributed by atoms with E-state index in [1.807, 2.05) is 12.3 Å².